The summed E-state index contributed by atoms with van der Waals surface area (Å²) in [6, 6.07) is 2.31. The molecule has 3 rings (SSSR count). The van der Waals surface area contributed by atoms with E-state index in [9.17, 15) is 0 Å². The molecule has 0 amide bonds. The molecule has 2 aliphatic rings. The number of fused-ring (bicyclic) bond motifs is 1. The molecule has 1 unspecified atom stereocenters. The van der Waals surface area contributed by atoms with Gasteiger partial charge in [-0.1, -0.05) is 0 Å². The average Bonchev–Trinajstić information content (AvgIpc) is 2.44. The summed E-state index contributed by atoms with van der Waals surface area (Å²) < 4.78 is 6.08. The number of nitrogens with zero attached hydrogens (tertiary/aromatic N) is 2. The van der Waals surface area contributed by atoms with Crippen molar-refractivity contribution in [2.75, 3.05) is 49.6 Å². The van der Waals surface area contributed by atoms with Gasteiger partial charge in [-0.05, 0) is 38.0 Å². The van der Waals surface area contributed by atoms with E-state index in [1.807, 2.05) is 0 Å². The van der Waals surface area contributed by atoms with Crippen LogP contribution in [0.2, 0.25) is 0 Å². The highest BCUT2D eigenvalue weighted by atomic mass is 16.5. The monoisotopic (exact) mass is 275 g/mol. The number of anilines is 2. The lowest BCUT2D eigenvalue weighted by atomic mass is 10.0. The van der Waals surface area contributed by atoms with Crippen LogP contribution in [0.15, 0.2) is 6.07 Å². The summed E-state index contributed by atoms with van der Waals surface area (Å²) in [4.78, 5) is 4.81. The molecule has 20 heavy (non-hydrogen) atoms. The summed E-state index contributed by atoms with van der Waals surface area (Å²) >= 11 is 0. The van der Waals surface area contributed by atoms with Crippen LogP contribution in [0.1, 0.15) is 18.1 Å². The van der Waals surface area contributed by atoms with Crippen LogP contribution in [0.3, 0.4) is 0 Å². The van der Waals surface area contributed by atoms with Crippen LogP contribution in [0.5, 0.6) is 5.75 Å². The minimum atomic E-state index is 0.260. The largest absolute Gasteiger partial charge is 0.486 e. The van der Waals surface area contributed by atoms with Crippen molar-refractivity contribution >= 4 is 11.4 Å². The minimum absolute atomic E-state index is 0.260. The van der Waals surface area contributed by atoms with Crippen LogP contribution in [0.25, 0.3) is 0 Å². The number of hydrogen-bond donors (Lipinski definition) is 1. The first-order valence-corrected chi connectivity index (χ1v) is 7.55. The predicted octanol–water partition coefficient (Wildman–Crippen LogP) is 1.93. The molecule has 0 radical (unpaired) electrons. The Kier molecular flexibility index (Phi) is 3.50. The van der Waals surface area contributed by atoms with Crippen LogP contribution >= 0.6 is 0 Å². The van der Waals surface area contributed by atoms with Gasteiger partial charge in [0.2, 0.25) is 0 Å². The molecule has 1 saturated heterocycles. The second-order valence-electron chi connectivity index (χ2n) is 6.04. The Labute approximate surface area is 121 Å². The predicted molar refractivity (Wildman–Crippen MR) is 84.4 cm³/mol. The summed E-state index contributed by atoms with van der Waals surface area (Å²) in [5.74, 6) is 1.07. The van der Waals surface area contributed by atoms with Gasteiger partial charge in [-0.3, -0.25) is 0 Å². The first-order valence-electron chi connectivity index (χ1n) is 7.55. The van der Waals surface area contributed by atoms with Crippen molar-refractivity contribution < 1.29 is 4.74 Å². The molecule has 110 valence electrons. The van der Waals surface area contributed by atoms with E-state index in [-0.39, 0.29) is 6.10 Å². The number of rotatable bonds is 1. The van der Waals surface area contributed by atoms with Crippen molar-refractivity contribution in [2.45, 2.75) is 26.9 Å². The first-order chi connectivity index (χ1) is 9.58. The minimum Gasteiger partial charge on any atom is -0.486 e. The molecule has 0 saturated carbocycles. The lowest BCUT2D eigenvalue weighted by Gasteiger charge is -2.37. The Hall–Kier alpha value is -1.42. The third-order valence-electron chi connectivity index (χ3n) is 4.51. The number of ether oxygens (including phenoxy) is 1. The number of likely N-dealkylation sites (N-methyl/N-ethyl adjacent to an activating group) is 1. The fraction of sp³-hybridized carbons (Fsp3) is 0.625. The number of piperazine rings is 1. The third kappa shape index (κ3) is 2.22. The molecule has 0 spiro atoms. The van der Waals surface area contributed by atoms with Crippen molar-refractivity contribution in [3.05, 3.63) is 17.2 Å². The fourth-order valence-electron chi connectivity index (χ4n) is 3.25. The highest BCUT2D eigenvalue weighted by molar-refractivity contribution is 5.74. The van der Waals surface area contributed by atoms with E-state index in [2.05, 4.69) is 49.0 Å². The Morgan fingerprint density at radius 2 is 1.85 bits per heavy atom. The third-order valence-corrected chi connectivity index (χ3v) is 4.51. The van der Waals surface area contributed by atoms with Crippen LogP contribution in [0, 0.1) is 13.8 Å². The van der Waals surface area contributed by atoms with Crippen LogP contribution in [-0.2, 0) is 0 Å². The fourth-order valence-corrected chi connectivity index (χ4v) is 3.25. The van der Waals surface area contributed by atoms with E-state index in [1.54, 1.807) is 0 Å². The number of nitrogens with one attached hydrogen (secondary N) is 1. The topological polar surface area (TPSA) is 27.7 Å². The van der Waals surface area contributed by atoms with E-state index in [0.29, 0.717) is 0 Å². The molecule has 1 fully saturated rings. The van der Waals surface area contributed by atoms with Gasteiger partial charge in [0.15, 0.2) is 0 Å². The van der Waals surface area contributed by atoms with Crippen LogP contribution < -0.4 is 19.9 Å². The zero-order valence-electron chi connectivity index (χ0n) is 13.0. The molecule has 1 atom stereocenters. The summed E-state index contributed by atoms with van der Waals surface area (Å²) in [6.07, 6.45) is 0.260. The zero-order chi connectivity index (χ0) is 14.3. The van der Waals surface area contributed by atoms with Crippen molar-refractivity contribution in [1.29, 1.82) is 0 Å². The number of benzene rings is 1. The quantitative estimate of drug-likeness (QED) is 0.847. The molecular weight excluding hydrogens is 250 g/mol. The molecule has 1 N–H and O–H groups in total. The smallest absolute Gasteiger partial charge is 0.146 e. The second-order valence-corrected chi connectivity index (χ2v) is 6.04. The molecule has 4 heteroatoms. The second kappa shape index (κ2) is 5.17. The van der Waals surface area contributed by atoms with Gasteiger partial charge in [-0.15, -0.1) is 0 Å². The summed E-state index contributed by atoms with van der Waals surface area (Å²) in [5, 5.41) is 3.42. The van der Waals surface area contributed by atoms with E-state index in [4.69, 9.17) is 4.74 Å². The molecule has 0 aliphatic carbocycles. The normalized spacial score (nSPS) is 22.5. The molecule has 2 heterocycles. The van der Waals surface area contributed by atoms with E-state index in [0.717, 1.165) is 38.5 Å². The zero-order valence-corrected chi connectivity index (χ0v) is 13.0. The van der Waals surface area contributed by atoms with Gasteiger partial charge in [0.1, 0.15) is 11.9 Å². The Bertz CT molecular complexity index is 509. The van der Waals surface area contributed by atoms with Gasteiger partial charge in [-0.25, -0.2) is 0 Å². The van der Waals surface area contributed by atoms with Crippen LogP contribution in [0.4, 0.5) is 11.4 Å². The summed E-state index contributed by atoms with van der Waals surface area (Å²) in [6.45, 7) is 11.8. The maximum absolute atomic E-state index is 6.08. The molecule has 0 bridgehead atoms. The highest BCUT2D eigenvalue weighted by Crippen LogP contribution is 2.42. The van der Waals surface area contributed by atoms with Gasteiger partial charge in [-0.2, -0.15) is 0 Å². The van der Waals surface area contributed by atoms with E-state index < -0.39 is 0 Å². The summed E-state index contributed by atoms with van der Waals surface area (Å²) in [5.41, 5.74) is 5.25. The highest BCUT2D eigenvalue weighted by Gasteiger charge is 2.26. The van der Waals surface area contributed by atoms with Crippen molar-refractivity contribution in [3.63, 3.8) is 0 Å². The SMILES string of the molecule is Cc1c(N2CCNCC2)cc2c(c1C)OC(C)CN2C. The van der Waals surface area contributed by atoms with E-state index >= 15 is 0 Å². The lowest BCUT2D eigenvalue weighted by Crippen LogP contribution is -2.44. The molecule has 2 aliphatic heterocycles. The van der Waals surface area contributed by atoms with Gasteiger partial charge < -0.3 is 19.9 Å². The number of hydrogen-bond acceptors (Lipinski definition) is 4. The Morgan fingerprint density at radius 3 is 2.55 bits per heavy atom. The van der Waals surface area contributed by atoms with Gasteiger partial charge in [0.05, 0.1) is 12.2 Å². The standard InChI is InChI=1S/C16H25N3O/c1-11-10-18(4)15-9-14(19-7-5-17-6-8-19)12(2)13(3)16(15)20-11/h9,11,17H,5-8,10H2,1-4H3. The Balaban J connectivity index is 2.04. The molecule has 0 aromatic heterocycles. The summed E-state index contributed by atoms with van der Waals surface area (Å²) in [7, 11) is 2.16. The maximum atomic E-state index is 6.08. The van der Waals surface area contributed by atoms with E-state index in [1.165, 1.54) is 22.5 Å². The van der Waals surface area contributed by atoms with Gasteiger partial charge >= 0.3 is 0 Å². The van der Waals surface area contributed by atoms with Gasteiger partial charge in [0, 0.05) is 38.9 Å². The van der Waals surface area contributed by atoms with Crippen molar-refractivity contribution in [2.24, 2.45) is 0 Å². The van der Waals surface area contributed by atoms with Crippen molar-refractivity contribution in [1.82, 2.24) is 5.32 Å². The van der Waals surface area contributed by atoms with Crippen LogP contribution in [-0.4, -0.2) is 45.9 Å². The molecule has 1 aromatic rings. The van der Waals surface area contributed by atoms with Gasteiger partial charge in [0.25, 0.3) is 0 Å². The molecule has 4 nitrogen and oxygen atoms in total. The first kappa shape index (κ1) is 13.6. The van der Waals surface area contributed by atoms with Crippen molar-refractivity contribution in [3.8, 4) is 5.75 Å². The molecule has 1 aromatic carbocycles. The Morgan fingerprint density at radius 1 is 1.15 bits per heavy atom. The lowest BCUT2D eigenvalue weighted by molar-refractivity contribution is 0.214. The maximum Gasteiger partial charge on any atom is 0.146 e. The molecular formula is C16H25N3O. The average molecular weight is 275 g/mol.